The Morgan fingerprint density at radius 3 is 3.14 bits per heavy atom. The number of ether oxygens (including phenoxy) is 1. The van der Waals surface area contributed by atoms with Gasteiger partial charge in [-0.05, 0) is 13.8 Å². The van der Waals surface area contributed by atoms with Crippen LogP contribution in [0, 0.1) is 0 Å². The number of hydrogen-bond donors (Lipinski definition) is 2. The second-order valence-corrected chi connectivity index (χ2v) is 2.89. The number of rotatable bonds is 5. The molecule has 1 unspecified atom stereocenters. The van der Waals surface area contributed by atoms with Crippen molar-refractivity contribution in [3.63, 3.8) is 0 Å². The minimum absolute atomic E-state index is 0.237. The predicted molar refractivity (Wildman–Crippen MR) is 51.5 cm³/mol. The summed E-state index contributed by atoms with van der Waals surface area (Å²) in [4.78, 5) is 18.1. The van der Waals surface area contributed by atoms with E-state index in [1.807, 2.05) is 0 Å². The van der Waals surface area contributed by atoms with E-state index >= 15 is 0 Å². The van der Waals surface area contributed by atoms with Crippen molar-refractivity contribution >= 4 is 5.97 Å². The Morgan fingerprint density at radius 1 is 1.79 bits per heavy atom. The van der Waals surface area contributed by atoms with Crippen LogP contribution < -0.4 is 5.32 Å². The molecule has 0 bridgehead atoms. The van der Waals surface area contributed by atoms with Gasteiger partial charge >= 0.3 is 5.97 Å². The molecule has 2 N–H and O–H groups in total. The van der Waals surface area contributed by atoms with Gasteiger partial charge in [0.1, 0.15) is 11.9 Å². The number of carbonyl (C=O) groups is 1. The standard InChI is InChI=1S/C9H15N3O2/c1-3-14-9(13)7(2)12-6-8-10-4-5-11-8/h4-5,7,12H,3,6H2,1-2H3,(H,10,11). The highest BCUT2D eigenvalue weighted by Gasteiger charge is 2.12. The Hall–Kier alpha value is -1.36. The van der Waals surface area contributed by atoms with Crippen LogP contribution in [0.15, 0.2) is 12.4 Å². The maximum absolute atomic E-state index is 11.2. The largest absolute Gasteiger partial charge is 0.465 e. The van der Waals surface area contributed by atoms with Gasteiger partial charge in [-0.3, -0.25) is 10.1 Å². The molecule has 0 radical (unpaired) electrons. The number of nitrogens with one attached hydrogen (secondary N) is 2. The van der Waals surface area contributed by atoms with Crippen LogP contribution in [0.25, 0.3) is 0 Å². The minimum Gasteiger partial charge on any atom is -0.465 e. The molecule has 5 nitrogen and oxygen atoms in total. The molecule has 78 valence electrons. The summed E-state index contributed by atoms with van der Waals surface area (Å²) in [5, 5.41) is 3.00. The maximum Gasteiger partial charge on any atom is 0.322 e. The molecule has 0 amide bonds. The van der Waals surface area contributed by atoms with E-state index in [1.54, 1.807) is 26.2 Å². The molecular weight excluding hydrogens is 182 g/mol. The van der Waals surface area contributed by atoms with Gasteiger partial charge in [-0.15, -0.1) is 0 Å². The number of nitrogens with zero attached hydrogens (tertiary/aromatic N) is 1. The van der Waals surface area contributed by atoms with Gasteiger partial charge in [-0.1, -0.05) is 0 Å². The van der Waals surface area contributed by atoms with E-state index in [2.05, 4.69) is 15.3 Å². The average molecular weight is 197 g/mol. The van der Waals surface area contributed by atoms with Crippen LogP contribution in [-0.4, -0.2) is 28.6 Å². The van der Waals surface area contributed by atoms with Gasteiger partial charge in [0.15, 0.2) is 0 Å². The van der Waals surface area contributed by atoms with Crippen LogP contribution in [0.4, 0.5) is 0 Å². The second-order valence-electron chi connectivity index (χ2n) is 2.89. The van der Waals surface area contributed by atoms with Gasteiger partial charge in [0.25, 0.3) is 0 Å². The first-order valence-electron chi connectivity index (χ1n) is 4.62. The minimum atomic E-state index is -0.306. The lowest BCUT2D eigenvalue weighted by Gasteiger charge is -2.10. The first-order chi connectivity index (χ1) is 6.74. The molecule has 0 aromatic carbocycles. The molecule has 0 aliphatic rings. The van der Waals surface area contributed by atoms with Crippen molar-refractivity contribution in [2.75, 3.05) is 6.61 Å². The van der Waals surface area contributed by atoms with Crippen molar-refractivity contribution in [3.05, 3.63) is 18.2 Å². The molecular formula is C9H15N3O2. The van der Waals surface area contributed by atoms with E-state index in [-0.39, 0.29) is 12.0 Å². The van der Waals surface area contributed by atoms with E-state index in [4.69, 9.17) is 4.74 Å². The predicted octanol–water partition coefficient (Wildman–Crippen LogP) is 0.451. The number of carbonyl (C=O) groups excluding carboxylic acids is 1. The van der Waals surface area contributed by atoms with Gasteiger partial charge in [0.05, 0.1) is 13.2 Å². The Kier molecular flexibility index (Phi) is 4.12. The van der Waals surface area contributed by atoms with Gasteiger partial charge in [-0.2, -0.15) is 0 Å². The third-order valence-electron chi connectivity index (χ3n) is 1.77. The summed E-state index contributed by atoms with van der Waals surface area (Å²) in [5.41, 5.74) is 0. The fraction of sp³-hybridized carbons (Fsp3) is 0.556. The zero-order valence-corrected chi connectivity index (χ0v) is 8.41. The number of esters is 1. The summed E-state index contributed by atoms with van der Waals surface area (Å²) >= 11 is 0. The highest BCUT2D eigenvalue weighted by molar-refractivity contribution is 5.75. The van der Waals surface area contributed by atoms with Crippen LogP contribution in [0.1, 0.15) is 19.7 Å². The number of hydrogen-bond acceptors (Lipinski definition) is 4. The lowest BCUT2D eigenvalue weighted by Crippen LogP contribution is -2.35. The van der Waals surface area contributed by atoms with Crippen LogP contribution in [0.5, 0.6) is 0 Å². The fourth-order valence-corrected chi connectivity index (χ4v) is 0.995. The number of aromatic amines is 1. The summed E-state index contributed by atoms with van der Waals surface area (Å²) in [6.45, 7) is 4.50. The smallest absolute Gasteiger partial charge is 0.322 e. The lowest BCUT2D eigenvalue weighted by atomic mass is 10.3. The molecule has 1 aromatic rings. The quantitative estimate of drug-likeness (QED) is 0.672. The summed E-state index contributed by atoms with van der Waals surface area (Å²) in [5.74, 6) is 0.570. The van der Waals surface area contributed by atoms with Crippen LogP contribution >= 0.6 is 0 Å². The molecule has 0 saturated carbocycles. The van der Waals surface area contributed by atoms with Crippen molar-refractivity contribution in [3.8, 4) is 0 Å². The third kappa shape index (κ3) is 3.18. The lowest BCUT2D eigenvalue weighted by molar-refractivity contribution is -0.145. The van der Waals surface area contributed by atoms with Crippen molar-refractivity contribution in [1.82, 2.24) is 15.3 Å². The monoisotopic (exact) mass is 197 g/mol. The third-order valence-corrected chi connectivity index (χ3v) is 1.77. The fourth-order valence-electron chi connectivity index (χ4n) is 0.995. The Balaban J connectivity index is 2.27. The van der Waals surface area contributed by atoms with Gasteiger partial charge in [-0.25, -0.2) is 4.98 Å². The van der Waals surface area contributed by atoms with Crippen LogP contribution in [0.2, 0.25) is 0 Å². The zero-order chi connectivity index (χ0) is 10.4. The Labute approximate surface area is 82.9 Å². The highest BCUT2D eigenvalue weighted by Crippen LogP contribution is 1.92. The molecule has 1 atom stereocenters. The molecule has 5 heteroatoms. The van der Waals surface area contributed by atoms with E-state index in [9.17, 15) is 4.79 Å². The van der Waals surface area contributed by atoms with E-state index < -0.39 is 0 Å². The van der Waals surface area contributed by atoms with Crippen molar-refractivity contribution in [1.29, 1.82) is 0 Å². The van der Waals surface area contributed by atoms with E-state index in [0.717, 1.165) is 5.82 Å². The molecule has 1 rings (SSSR count). The summed E-state index contributed by atoms with van der Waals surface area (Å²) in [6.07, 6.45) is 3.41. The number of H-pyrrole nitrogens is 1. The molecule has 0 aliphatic heterocycles. The SMILES string of the molecule is CCOC(=O)C(C)NCc1ncc[nH]1. The normalized spacial score (nSPS) is 12.4. The number of imidazole rings is 1. The summed E-state index contributed by atoms with van der Waals surface area (Å²) < 4.78 is 4.84. The topological polar surface area (TPSA) is 67.0 Å². The average Bonchev–Trinajstić information content (AvgIpc) is 2.67. The van der Waals surface area contributed by atoms with Crippen molar-refractivity contribution in [2.24, 2.45) is 0 Å². The highest BCUT2D eigenvalue weighted by atomic mass is 16.5. The van der Waals surface area contributed by atoms with E-state index in [1.165, 1.54) is 0 Å². The molecule has 0 aliphatic carbocycles. The van der Waals surface area contributed by atoms with E-state index in [0.29, 0.717) is 13.2 Å². The summed E-state index contributed by atoms with van der Waals surface area (Å²) in [7, 11) is 0. The Bertz CT molecular complexity index is 272. The van der Waals surface area contributed by atoms with Crippen molar-refractivity contribution < 1.29 is 9.53 Å². The molecule has 0 spiro atoms. The molecule has 0 saturated heterocycles. The van der Waals surface area contributed by atoms with Gasteiger partial charge < -0.3 is 9.72 Å². The Morgan fingerprint density at radius 2 is 2.57 bits per heavy atom. The molecule has 0 fully saturated rings. The molecule has 14 heavy (non-hydrogen) atoms. The van der Waals surface area contributed by atoms with Gasteiger partial charge in [0, 0.05) is 12.4 Å². The zero-order valence-electron chi connectivity index (χ0n) is 8.41. The second kappa shape index (κ2) is 5.39. The summed E-state index contributed by atoms with van der Waals surface area (Å²) in [6, 6.07) is -0.306. The molecule has 1 heterocycles. The number of aromatic nitrogens is 2. The van der Waals surface area contributed by atoms with Crippen LogP contribution in [-0.2, 0) is 16.1 Å². The first-order valence-corrected chi connectivity index (χ1v) is 4.62. The van der Waals surface area contributed by atoms with Crippen LogP contribution in [0.3, 0.4) is 0 Å². The van der Waals surface area contributed by atoms with Gasteiger partial charge in [0.2, 0.25) is 0 Å². The molecule has 1 aromatic heterocycles. The first kappa shape index (κ1) is 10.7. The van der Waals surface area contributed by atoms with Crippen molar-refractivity contribution in [2.45, 2.75) is 26.4 Å². The maximum atomic E-state index is 11.2.